The van der Waals surface area contributed by atoms with E-state index in [4.69, 9.17) is 16.0 Å². The molecule has 3 rings (SSSR count). The summed E-state index contributed by atoms with van der Waals surface area (Å²) in [6.07, 6.45) is 0. The van der Waals surface area contributed by atoms with Crippen molar-refractivity contribution in [3.8, 4) is 0 Å². The molecule has 0 unspecified atom stereocenters. The molecule has 6 heteroatoms. The highest BCUT2D eigenvalue weighted by Crippen LogP contribution is 2.29. The predicted octanol–water partition coefficient (Wildman–Crippen LogP) is 5.21. The van der Waals surface area contributed by atoms with Crippen LogP contribution in [0.15, 0.2) is 52.4 Å². The van der Waals surface area contributed by atoms with Gasteiger partial charge in [-0.25, -0.2) is 9.38 Å². The first-order valence-corrected chi connectivity index (χ1v) is 11.5. The van der Waals surface area contributed by atoms with Crippen LogP contribution in [0.25, 0.3) is 0 Å². The minimum Gasteiger partial charge on any atom is -0.533 e. The molecule has 0 atom stereocenters. The Kier molecular flexibility index (Phi) is 4.56. The normalized spacial score (nSPS) is 14.4. The molecule has 0 bridgehead atoms. The van der Waals surface area contributed by atoms with Crippen molar-refractivity contribution in [1.29, 1.82) is 0 Å². The fourth-order valence-electron chi connectivity index (χ4n) is 2.49. The van der Waals surface area contributed by atoms with Crippen LogP contribution >= 0.6 is 11.6 Å². The number of aliphatic imine (C=N–C) groups is 2. The second kappa shape index (κ2) is 6.49. The molecule has 0 aliphatic carbocycles. The molecule has 0 radical (unpaired) electrons. The van der Waals surface area contributed by atoms with Crippen molar-refractivity contribution >= 4 is 37.2 Å². The Morgan fingerprint density at radius 1 is 1.08 bits per heavy atom. The van der Waals surface area contributed by atoms with Crippen molar-refractivity contribution in [2.45, 2.75) is 19.6 Å². The number of fused-ring (bicyclic) bond motifs is 1. The summed E-state index contributed by atoms with van der Waals surface area (Å²) >= 11 is 6.14. The summed E-state index contributed by atoms with van der Waals surface area (Å²) < 4.78 is 20.3. The summed E-state index contributed by atoms with van der Waals surface area (Å²) in [7, 11) is -1.81. The van der Waals surface area contributed by atoms with Gasteiger partial charge in [-0.2, -0.15) is 0 Å². The van der Waals surface area contributed by atoms with E-state index in [0.29, 0.717) is 33.4 Å². The maximum Gasteiger partial charge on any atom is 0.243 e. The highest BCUT2D eigenvalue weighted by atomic mass is 35.5. The Morgan fingerprint density at radius 3 is 2.54 bits per heavy atom. The molecule has 1 heterocycles. The first-order valence-electron chi connectivity index (χ1n) is 7.69. The van der Waals surface area contributed by atoms with Gasteiger partial charge in [-0.1, -0.05) is 23.7 Å². The molecule has 0 fully saturated rings. The van der Waals surface area contributed by atoms with Crippen LogP contribution in [0.3, 0.4) is 0 Å². The van der Waals surface area contributed by atoms with Gasteiger partial charge in [0.15, 0.2) is 5.90 Å². The summed E-state index contributed by atoms with van der Waals surface area (Å²) in [6, 6.07) is 11.9. The second-order valence-electron chi connectivity index (χ2n) is 6.53. The van der Waals surface area contributed by atoms with Gasteiger partial charge >= 0.3 is 0 Å². The lowest BCUT2D eigenvalue weighted by Crippen LogP contribution is -2.30. The Balaban J connectivity index is 2.14. The van der Waals surface area contributed by atoms with Gasteiger partial charge in [0.05, 0.1) is 11.4 Å². The van der Waals surface area contributed by atoms with E-state index >= 15 is 0 Å². The molecule has 2 aromatic carbocycles. The van der Waals surface area contributed by atoms with Gasteiger partial charge in [-0.3, -0.25) is 4.99 Å². The molecule has 1 aliphatic heterocycles. The Bertz CT molecular complexity index is 843. The fourth-order valence-corrected chi connectivity index (χ4v) is 3.48. The Hall–Kier alpha value is -1.98. The van der Waals surface area contributed by atoms with Crippen LogP contribution in [0.2, 0.25) is 24.7 Å². The molecular formula is C18H18ClFN2OSi. The van der Waals surface area contributed by atoms with E-state index in [-0.39, 0.29) is 12.4 Å². The highest BCUT2D eigenvalue weighted by molar-refractivity contribution is 6.71. The average molecular weight is 361 g/mol. The predicted molar refractivity (Wildman–Crippen MR) is 99.9 cm³/mol. The second-order valence-corrected chi connectivity index (χ2v) is 11.4. The largest absolute Gasteiger partial charge is 0.533 e. The number of halogens is 2. The third kappa shape index (κ3) is 3.74. The van der Waals surface area contributed by atoms with E-state index in [2.05, 4.69) is 29.6 Å². The van der Waals surface area contributed by atoms with Crippen LogP contribution < -0.4 is 0 Å². The third-order valence-corrected chi connectivity index (χ3v) is 4.47. The molecular weight excluding hydrogens is 343 g/mol. The fraction of sp³-hybridized carbons (Fsp3) is 0.222. The van der Waals surface area contributed by atoms with Crippen molar-refractivity contribution in [2.24, 2.45) is 9.98 Å². The molecule has 0 saturated heterocycles. The van der Waals surface area contributed by atoms with Gasteiger partial charge in [0.2, 0.25) is 8.32 Å². The lowest BCUT2D eigenvalue weighted by atomic mass is 10.0. The summed E-state index contributed by atoms with van der Waals surface area (Å²) in [4.78, 5) is 9.19. The number of rotatable bonds is 2. The Morgan fingerprint density at radius 2 is 1.83 bits per heavy atom. The third-order valence-electron chi connectivity index (χ3n) is 3.38. The number of nitrogens with zero attached hydrogens (tertiary/aromatic N) is 2. The molecule has 0 N–H and O–H groups in total. The molecule has 0 amide bonds. The Labute approximate surface area is 147 Å². The van der Waals surface area contributed by atoms with E-state index in [0.717, 1.165) is 0 Å². The lowest BCUT2D eigenvalue weighted by Gasteiger charge is -2.19. The quantitative estimate of drug-likeness (QED) is 0.676. The molecule has 1 aliphatic rings. The summed E-state index contributed by atoms with van der Waals surface area (Å²) in [5, 5.41) is 0.558. The summed E-state index contributed by atoms with van der Waals surface area (Å²) in [5.41, 5.74) is 2.38. The summed E-state index contributed by atoms with van der Waals surface area (Å²) in [6.45, 7) is 6.54. The van der Waals surface area contributed by atoms with Gasteiger partial charge in [-0.15, -0.1) is 0 Å². The van der Waals surface area contributed by atoms with Crippen molar-refractivity contribution in [3.63, 3.8) is 0 Å². The van der Waals surface area contributed by atoms with Crippen LogP contribution in [-0.2, 0) is 4.43 Å². The standard InChI is InChI=1S/C18H18ClFN2OSi/c1-24(2,3)23-17-11-21-18(13-6-4-5-7-15(13)20)14-10-12(19)8-9-16(14)22-17/h4-10H,11H2,1-3H3. The molecule has 0 saturated carbocycles. The lowest BCUT2D eigenvalue weighted by molar-refractivity contribution is 0.542. The molecule has 0 aromatic heterocycles. The van der Waals surface area contributed by atoms with Crippen LogP contribution in [-0.4, -0.2) is 26.5 Å². The first kappa shape index (κ1) is 16.9. The van der Waals surface area contributed by atoms with E-state index in [9.17, 15) is 4.39 Å². The number of hydrogen-bond acceptors (Lipinski definition) is 3. The van der Waals surface area contributed by atoms with Gasteiger partial charge in [0, 0.05) is 16.1 Å². The van der Waals surface area contributed by atoms with Crippen LogP contribution in [0.4, 0.5) is 10.1 Å². The van der Waals surface area contributed by atoms with Gasteiger partial charge in [0.25, 0.3) is 0 Å². The molecule has 24 heavy (non-hydrogen) atoms. The van der Waals surface area contributed by atoms with Crippen molar-refractivity contribution in [1.82, 2.24) is 0 Å². The molecule has 3 nitrogen and oxygen atoms in total. The SMILES string of the molecule is C[Si](C)(C)OC1=Nc2ccc(Cl)cc2C(c2ccccc2F)=NC1. The van der Waals surface area contributed by atoms with Crippen molar-refractivity contribution in [3.05, 3.63) is 64.4 Å². The average Bonchev–Trinajstić information content (AvgIpc) is 2.65. The zero-order chi connectivity index (χ0) is 17.3. The van der Waals surface area contributed by atoms with Gasteiger partial charge in [-0.05, 0) is 50.0 Å². The number of benzene rings is 2. The smallest absolute Gasteiger partial charge is 0.243 e. The van der Waals surface area contributed by atoms with E-state index < -0.39 is 8.32 Å². The van der Waals surface area contributed by atoms with Crippen LogP contribution in [0.1, 0.15) is 11.1 Å². The first-order chi connectivity index (χ1) is 11.3. The minimum atomic E-state index is -1.81. The summed E-state index contributed by atoms with van der Waals surface area (Å²) in [5.74, 6) is 0.237. The monoisotopic (exact) mass is 360 g/mol. The molecule has 2 aromatic rings. The minimum absolute atomic E-state index is 0.278. The van der Waals surface area contributed by atoms with Crippen LogP contribution in [0, 0.1) is 5.82 Å². The topological polar surface area (TPSA) is 34.0 Å². The van der Waals surface area contributed by atoms with Crippen LogP contribution in [0.5, 0.6) is 0 Å². The zero-order valence-corrected chi connectivity index (χ0v) is 15.6. The zero-order valence-electron chi connectivity index (χ0n) is 13.8. The van der Waals surface area contributed by atoms with Crippen molar-refractivity contribution in [2.75, 3.05) is 6.54 Å². The van der Waals surface area contributed by atoms with E-state index in [1.807, 2.05) is 6.07 Å². The van der Waals surface area contributed by atoms with Crippen molar-refractivity contribution < 1.29 is 8.82 Å². The maximum atomic E-state index is 14.3. The van der Waals surface area contributed by atoms with Gasteiger partial charge < -0.3 is 4.43 Å². The van der Waals surface area contributed by atoms with Gasteiger partial charge in [0.1, 0.15) is 12.4 Å². The molecule has 0 spiro atoms. The van der Waals surface area contributed by atoms with E-state index in [1.54, 1.807) is 30.3 Å². The highest BCUT2D eigenvalue weighted by Gasteiger charge is 2.23. The number of hydrogen-bond donors (Lipinski definition) is 0. The maximum absolute atomic E-state index is 14.3. The van der Waals surface area contributed by atoms with E-state index in [1.165, 1.54) is 6.07 Å². The molecule has 124 valence electrons.